The molecule has 1 unspecified atom stereocenters. The predicted molar refractivity (Wildman–Crippen MR) is 118 cm³/mol. The molecule has 1 atom stereocenters. The number of likely N-dealkylation sites (tertiary alicyclic amines) is 1. The van der Waals surface area contributed by atoms with Gasteiger partial charge in [-0.25, -0.2) is 0 Å². The molecule has 5 heteroatoms. The number of halogens is 1. The highest BCUT2D eigenvalue weighted by Gasteiger charge is 2.53. The van der Waals surface area contributed by atoms with Crippen LogP contribution in [0, 0.1) is 29.1 Å². The van der Waals surface area contributed by atoms with E-state index < -0.39 is 0 Å². The number of piperidine rings is 1. The van der Waals surface area contributed by atoms with E-state index in [4.69, 9.17) is 11.6 Å². The highest BCUT2D eigenvalue weighted by atomic mass is 35.5. The Morgan fingerprint density at radius 2 is 1.53 bits per heavy atom. The van der Waals surface area contributed by atoms with Gasteiger partial charge in [0.15, 0.2) is 0 Å². The maximum absolute atomic E-state index is 13.1. The second-order valence-electron chi connectivity index (χ2n) is 10.6. The topological polar surface area (TPSA) is 49.4 Å². The Hall–Kier alpha value is -1.55. The minimum atomic E-state index is 0.0237. The maximum atomic E-state index is 13.1. The van der Waals surface area contributed by atoms with Gasteiger partial charge >= 0.3 is 0 Å². The molecule has 1 N–H and O–H groups in total. The van der Waals surface area contributed by atoms with E-state index in [2.05, 4.69) is 12.2 Å². The minimum absolute atomic E-state index is 0.0237. The molecule has 1 aliphatic heterocycles. The van der Waals surface area contributed by atoms with Gasteiger partial charge in [-0.1, -0.05) is 11.6 Å². The van der Waals surface area contributed by atoms with Crippen LogP contribution in [0.15, 0.2) is 24.3 Å². The first-order chi connectivity index (χ1) is 14.4. The number of nitrogens with zero attached hydrogens (tertiary/aromatic N) is 1. The van der Waals surface area contributed by atoms with Crippen LogP contribution in [-0.4, -0.2) is 35.8 Å². The van der Waals surface area contributed by atoms with Crippen molar-refractivity contribution >= 4 is 23.4 Å². The first-order valence-corrected chi connectivity index (χ1v) is 12.1. The number of carbonyl (C=O) groups excluding carboxylic acids is 2. The lowest BCUT2D eigenvalue weighted by molar-refractivity contribution is -0.131. The predicted octanol–water partition coefficient (Wildman–Crippen LogP) is 4.91. The Morgan fingerprint density at radius 1 is 1.00 bits per heavy atom. The number of nitrogens with one attached hydrogen (secondary N) is 1. The highest BCUT2D eigenvalue weighted by molar-refractivity contribution is 6.30. The van der Waals surface area contributed by atoms with Crippen molar-refractivity contribution in [2.75, 3.05) is 13.1 Å². The highest BCUT2D eigenvalue weighted by Crippen LogP contribution is 2.61. The van der Waals surface area contributed by atoms with Crippen LogP contribution in [0.4, 0.5) is 0 Å². The number of benzene rings is 1. The molecule has 0 radical (unpaired) electrons. The Morgan fingerprint density at radius 3 is 2.07 bits per heavy atom. The van der Waals surface area contributed by atoms with Crippen LogP contribution in [0.25, 0.3) is 0 Å². The van der Waals surface area contributed by atoms with E-state index in [-0.39, 0.29) is 23.8 Å². The fourth-order valence-electron chi connectivity index (χ4n) is 7.31. The van der Waals surface area contributed by atoms with Crippen LogP contribution in [-0.2, 0) is 4.79 Å². The zero-order valence-electron chi connectivity index (χ0n) is 17.9. The van der Waals surface area contributed by atoms with Crippen LogP contribution in [0.5, 0.6) is 0 Å². The molecule has 4 nitrogen and oxygen atoms in total. The van der Waals surface area contributed by atoms with Gasteiger partial charge in [0.25, 0.3) is 5.91 Å². The lowest BCUT2D eigenvalue weighted by Gasteiger charge is -2.59. The molecule has 4 saturated carbocycles. The summed E-state index contributed by atoms with van der Waals surface area (Å²) in [5.41, 5.74) is 1.01. The quantitative estimate of drug-likeness (QED) is 0.740. The molecule has 5 aliphatic rings. The van der Waals surface area contributed by atoms with Gasteiger partial charge in [-0.3, -0.25) is 9.59 Å². The van der Waals surface area contributed by atoms with Gasteiger partial charge in [0.2, 0.25) is 5.91 Å². The van der Waals surface area contributed by atoms with Crippen molar-refractivity contribution in [3.05, 3.63) is 34.9 Å². The monoisotopic (exact) mass is 428 g/mol. The Kier molecular flexibility index (Phi) is 5.33. The standard InChI is InChI=1S/C25H33ClN2O2/c1-16(25-13-17-10-18(14-25)12-19(11-17)15-25)27-23(29)20-6-8-28(9-7-20)24(30)21-2-4-22(26)5-3-21/h2-5,16-20H,6-15H2,1H3,(H,27,29). The maximum Gasteiger partial charge on any atom is 0.253 e. The third-order valence-corrected chi connectivity index (χ3v) is 8.86. The van der Waals surface area contributed by atoms with Gasteiger partial charge in [-0.2, -0.15) is 0 Å². The van der Waals surface area contributed by atoms with Gasteiger partial charge in [-0.15, -0.1) is 0 Å². The summed E-state index contributed by atoms with van der Waals surface area (Å²) < 4.78 is 0. The summed E-state index contributed by atoms with van der Waals surface area (Å²) in [6.45, 7) is 3.54. The summed E-state index contributed by atoms with van der Waals surface area (Å²) in [6.07, 6.45) is 9.73. The summed E-state index contributed by atoms with van der Waals surface area (Å²) in [6, 6.07) is 7.32. The fraction of sp³-hybridized carbons (Fsp3) is 0.680. The first-order valence-electron chi connectivity index (χ1n) is 11.8. The van der Waals surface area contributed by atoms with Crippen molar-refractivity contribution in [3.63, 3.8) is 0 Å². The molecule has 0 spiro atoms. The van der Waals surface area contributed by atoms with Gasteiger partial charge in [0.05, 0.1) is 0 Å². The van der Waals surface area contributed by atoms with E-state index in [1.54, 1.807) is 24.3 Å². The molecule has 1 aromatic rings. The molecule has 1 aromatic carbocycles. The molecule has 162 valence electrons. The fourth-order valence-corrected chi connectivity index (χ4v) is 7.44. The van der Waals surface area contributed by atoms with Crippen molar-refractivity contribution in [1.29, 1.82) is 0 Å². The normalized spacial score (nSPS) is 34.1. The van der Waals surface area contributed by atoms with Crippen molar-refractivity contribution in [2.45, 2.75) is 64.3 Å². The van der Waals surface area contributed by atoms with Crippen molar-refractivity contribution in [1.82, 2.24) is 10.2 Å². The Balaban J connectivity index is 1.15. The number of hydrogen-bond acceptors (Lipinski definition) is 2. The summed E-state index contributed by atoms with van der Waals surface area (Å²) >= 11 is 5.93. The average Bonchev–Trinajstić information content (AvgIpc) is 2.73. The van der Waals surface area contributed by atoms with E-state index >= 15 is 0 Å². The molecule has 30 heavy (non-hydrogen) atoms. The molecule has 4 bridgehead atoms. The molecule has 6 rings (SSSR count). The number of carbonyl (C=O) groups is 2. The number of rotatable bonds is 4. The van der Waals surface area contributed by atoms with Crippen LogP contribution in [0.3, 0.4) is 0 Å². The lowest BCUT2D eigenvalue weighted by atomic mass is 9.48. The number of hydrogen-bond donors (Lipinski definition) is 1. The van der Waals surface area contributed by atoms with E-state index in [0.717, 1.165) is 30.6 Å². The third kappa shape index (κ3) is 3.77. The van der Waals surface area contributed by atoms with Gasteiger partial charge < -0.3 is 10.2 Å². The van der Waals surface area contributed by atoms with E-state index in [9.17, 15) is 9.59 Å². The van der Waals surface area contributed by atoms with Crippen molar-refractivity contribution in [3.8, 4) is 0 Å². The molecule has 0 aromatic heterocycles. The van der Waals surface area contributed by atoms with Crippen molar-refractivity contribution < 1.29 is 9.59 Å². The first kappa shape index (κ1) is 20.4. The molecular weight excluding hydrogens is 396 g/mol. The number of amides is 2. The molecule has 5 fully saturated rings. The molecule has 1 heterocycles. The molecule has 4 aliphatic carbocycles. The Bertz CT molecular complexity index is 778. The second-order valence-corrected chi connectivity index (χ2v) is 11.0. The van der Waals surface area contributed by atoms with Crippen LogP contribution >= 0.6 is 11.6 Å². The largest absolute Gasteiger partial charge is 0.353 e. The van der Waals surface area contributed by atoms with Gasteiger partial charge in [-0.05, 0) is 106 Å². The zero-order chi connectivity index (χ0) is 20.9. The Labute approximate surface area is 184 Å². The van der Waals surface area contributed by atoms with Crippen molar-refractivity contribution in [2.24, 2.45) is 29.1 Å². The third-order valence-electron chi connectivity index (χ3n) is 8.61. The zero-order valence-corrected chi connectivity index (χ0v) is 18.7. The minimum Gasteiger partial charge on any atom is -0.353 e. The summed E-state index contributed by atoms with van der Waals surface area (Å²) in [7, 11) is 0. The summed E-state index contributed by atoms with van der Waals surface area (Å²) in [4.78, 5) is 27.6. The lowest BCUT2D eigenvalue weighted by Crippen LogP contribution is -2.56. The summed E-state index contributed by atoms with van der Waals surface area (Å²) in [5, 5.41) is 4.07. The SMILES string of the molecule is CC(NC(=O)C1CCN(C(=O)c2ccc(Cl)cc2)CC1)C12CC3CC(CC(C3)C1)C2. The molecule has 2 amide bonds. The van der Waals surface area contributed by atoms with E-state index in [1.807, 2.05) is 4.90 Å². The summed E-state index contributed by atoms with van der Waals surface area (Å²) in [5.74, 6) is 2.97. The van der Waals surface area contributed by atoms with E-state index in [0.29, 0.717) is 29.1 Å². The average molecular weight is 429 g/mol. The van der Waals surface area contributed by atoms with Gasteiger partial charge in [0, 0.05) is 35.6 Å². The van der Waals surface area contributed by atoms with Crippen LogP contribution < -0.4 is 5.32 Å². The smallest absolute Gasteiger partial charge is 0.253 e. The van der Waals surface area contributed by atoms with Gasteiger partial charge in [0.1, 0.15) is 0 Å². The molecular formula is C25H33ClN2O2. The van der Waals surface area contributed by atoms with Crippen LogP contribution in [0.1, 0.15) is 68.6 Å². The second kappa shape index (κ2) is 7.85. The van der Waals surface area contributed by atoms with E-state index in [1.165, 1.54) is 38.5 Å². The molecule has 1 saturated heterocycles. The van der Waals surface area contributed by atoms with Crippen LogP contribution in [0.2, 0.25) is 5.02 Å².